The molecule has 1 aromatic heterocycles. The number of aromatic nitrogens is 2. The van der Waals surface area contributed by atoms with Crippen molar-refractivity contribution >= 4 is 11.8 Å². The van der Waals surface area contributed by atoms with Crippen LogP contribution in [0.15, 0.2) is 60.9 Å². The van der Waals surface area contributed by atoms with Crippen molar-refractivity contribution in [3.63, 3.8) is 0 Å². The van der Waals surface area contributed by atoms with Gasteiger partial charge in [0, 0.05) is 25.8 Å². The van der Waals surface area contributed by atoms with E-state index in [1.807, 2.05) is 27.0 Å². The lowest BCUT2D eigenvalue weighted by Crippen LogP contribution is -2.48. The lowest BCUT2D eigenvalue weighted by atomic mass is 10.0. The van der Waals surface area contributed by atoms with Gasteiger partial charge in [-0.25, -0.2) is 9.78 Å². The number of carbonyl (C=O) groups is 1. The fourth-order valence-corrected chi connectivity index (χ4v) is 6.03. The minimum atomic E-state index is -0.516. The number of benzene rings is 2. The van der Waals surface area contributed by atoms with E-state index in [1.165, 1.54) is 35.2 Å². The topological polar surface area (TPSA) is 85.5 Å². The standard InChI is InChI=1S/C32H40N6O2/c1-32(2,3)40-31(39)38-18-6-8-28(38)29-34-19-26(35-29)23-13-9-21(10-14-23)22-11-15-24(16-12-22)27-20-37(4)30(36-27)25-7-5-17-33-25/h9-16,19-20,25,28,30,33,36H,5-8,17-18H2,1-4H3,(H,34,35)/t25-,28?,30?/m0/s1. The quantitative estimate of drug-likeness (QED) is 0.383. The number of likely N-dealkylation sites (N-methyl/N-ethyl adjacent to an activating group) is 1. The molecule has 8 heteroatoms. The maximum Gasteiger partial charge on any atom is 0.410 e. The second-order valence-electron chi connectivity index (χ2n) is 12.2. The molecule has 3 aromatic rings. The van der Waals surface area contributed by atoms with Crippen LogP contribution in [0, 0.1) is 0 Å². The molecule has 0 saturated carbocycles. The molecule has 0 radical (unpaired) electrons. The summed E-state index contributed by atoms with van der Waals surface area (Å²) in [5.74, 6) is 0.810. The van der Waals surface area contributed by atoms with Crippen LogP contribution in [0.25, 0.3) is 28.1 Å². The SMILES string of the molecule is CN1C=C(c2ccc(-c3ccc(-c4cnc(C5CCCN5C(=O)OC(C)(C)C)[nH]4)cc3)cc2)NC1[C@@H]1CCCN1. The number of ether oxygens (including phenoxy) is 1. The Hall–Kier alpha value is -3.78. The van der Waals surface area contributed by atoms with Gasteiger partial charge in [-0.15, -0.1) is 0 Å². The molecule has 0 spiro atoms. The molecule has 1 amide bonds. The second-order valence-corrected chi connectivity index (χ2v) is 12.2. The zero-order chi connectivity index (χ0) is 27.9. The van der Waals surface area contributed by atoms with Crippen LogP contribution in [0.3, 0.4) is 0 Å². The van der Waals surface area contributed by atoms with Crippen LogP contribution < -0.4 is 10.6 Å². The maximum atomic E-state index is 12.7. The molecule has 2 aromatic carbocycles. The summed E-state index contributed by atoms with van der Waals surface area (Å²) < 4.78 is 5.62. The van der Waals surface area contributed by atoms with Crippen LogP contribution >= 0.6 is 0 Å². The van der Waals surface area contributed by atoms with Crippen molar-refractivity contribution in [1.82, 2.24) is 30.4 Å². The van der Waals surface area contributed by atoms with Gasteiger partial charge < -0.3 is 25.3 Å². The van der Waals surface area contributed by atoms with Crippen LogP contribution in [0.1, 0.15) is 63.9 Å². The van der Waals surface area contributed by atoms with E-state index in [-0.39, 0.29) is 12.1 Å². The first-order valence-corrected chi connectivity index (χ1v) is 14.4. The Balaban J connectivity index is 1.11. The summed E-state index contributed by atoms with van der Waals surface area (Å²) in [4.78, 5) is 24.9. The van der Waals surface area contributed by atoms with Crippen molar-refractivity contribution in [2.24, 2.45) is 0 Å². The van der Waals surface area contributed by atoms with Gasteiger partial charge in [-0.3, -0.25) is 4.90 Å². The first-order valence-electron chi connectivity index (χ1n) is 14.4. The lowest BCUT2D eigenvalue weighted by molar-refractivity contribution is 0.0218. The maximum absolute atomic E-state index is 12.7. The second kappa shape index (κ2) is 10.7. The molecule has 210 valence electrons. The van der Waals surface area contributed by atoms with Crippen molar-refractivity contribution in [2.45, 2.75) is 70.3 Å². The van der Waals surface area contributed by atoms with Gasteiger partial charge in [0.2, 0.25) is 0 Å². The number of H-pyrrole nitrogens is 1. The Morgan fingerprint density at radius 1 is 0.950 bits per heavy atom. The Bertz CT molecular complexity index is 1370. The highest BCUT2D eigenvalue weighted by Crippen LogP contribution is 2.33. The van der Waals surface area contributed by atoms with Crippen LogP contribution in [0.2, 0.25) is 0 Å². The molecule has 3 aliphatic rings. The molecule has 3 atom stereocenters. The number of amides is 1. The molecule has 4 heterocycles. The Labute approximate surface area is 236 Å². The molecule has 40 heavy (non-hydrogen) atoms. The highest BCUT2D eigenvalue weighted by Gasteiger charge is 2.35. The van der Waals surface area contributed by atoms with Crippen molar-refractivity contribution in [3.05, 3.63) is 72.3 Å². The molecule has 0 bridgehead atoms. The average Bonchev–Trinajstić information content (AvgIpc) is 3.74. The average molecular weight is 541 g/mol. The molecule has 2 fully saturated rings. The lowest BCUT2D eigenvalue weighted by Gasteiger charge is -2.27. The number of nitrogens with one attached hydrogen (secondary N) is 3. The summed E-state index contributed by atoms with van der Waals surface area (Å²) in [6, 6.07) is 17.7. The summed E-state index contributed by atoms with van der Waals surface area (Å²) in [7, 11) is 2.15. The van der Waals surface area contributed by atoms with E-state index in [1.54, 1.807) is 4.90 Å². The number of aromatic amines is 1. The molecule has 2 saturated heterocycles. The molecular weight excluding hydrogens is 500 g/mol. The molecule has 0 aliphatic carbocycles. The number of rotatable bonds is 5. The Morgan fingerprint density at radius 2 is 1.62 bits per heavy atom. The number of carbonyl (C=O) groups excluding carboxylic acids is 1. The summed E-state index contributed by atoms with van der Waals surface area (Å²) in [6.07, 6.45) is 8.38. The van der Waals surface area contributed by atoms with E-state index in [9.17, 15) is 4.79 Å². The summed E-state index contributed by atoms with van der Waals surface area (Å²) in [6.45, 7) is 7.48. The van der Waals surface area contributed by atoms with Crippen LogP contribution in [-0.4, -0.2) is 63.8 Å². The largest absolute Gasteiger partial charge is 0.444 e. The van der Waals surface area contributed by atoms with Gasteiger partial charge in [-0.05, 0) is 75.3 Å². The number of imidazole rings is 1. The Morgan fingerprint density at radius 3 is 2.27 bits per heavy atom. The van der Waals surface area contributed by atoms with Crippen LogP contribution in [0.4, 0.5) is 4.79 Å². The van der Waals surface area contributed by atoms with Gasteiger partial charge >= 0.3 is 6.09 Å². The normalized spacial score (nSPS) is 22.9. The third-order valence-electron chi connectivity index (χ3n) is 8.07. The van der Waals surface area contributed by atoms with E-state index < -0.39 is 5.60 Å². The first kappa shape index (κ1) is 26.4. The summed E-state index contributed by atoms with van der Waals surface area (Å²) in [5.41, 5.74) is 6.22. The van der Waals surface area contributed by atoms with Gasteiger partial charge in [-0.1, -0.05) is 48.5 Å². The highest BCUT2D eigenvalue weighted by molar-refractivity contribution is 5.73. The molecular formula is C32H40N6O2. The van der Waals surface area contributed by atoms with Gasteiger partial charge in [0.1, 0.15) is 17.6 Å². The third kappa shape index (κ3) is 5.45. The van der Waals surface area contributed by atoms with Crippen molar-refractivity contribution < 1.29 is 9.53 Å². The van der Waals surface area contributed by atoms with Crippen LogP contribution in [0.5, 0.6) is 0 Å². The van der Waals surface area contributed by atoms with Crippen molar-refractivity contribution in [3.8, 4) is 22.4 Å². The fraction of sp³-hybridized carbons (Fsp3) is 0.438. The Kier molecular flexibility index (Phi) is 7.04. The zero-order valence-electron chi connectivity index (χ0n) is 23.9. The minimum Gasteiger partial charge on any atom is -0.444 e. The monoisotopic (exact) mass is 540 g/mol. The van der Waals surface area contributed by atoms with E-state index >= 15 is 0 Å². The fourth-order valence-electron chi connectivity index (χ4n) is 6.03. The highest BCUT2D eigenvalue weighted by atomic mass is 16.6. The van der Waals surface area contributed by atoms with Gasteiger partial charge in [-0.2, -0.15) is 0 Å². The number of nitrogens with zero attached hydrogens (tertiary/aromatic N) is 3. The predicted octanol–water partition coefficient (Wildman–Crippen LogP) is 5.73. The number of likely N-dealkylation sites (tertiary alicyclic amines) is 1. The van der Waals surface area contributed by atoms with E-state index in [0.29, 0.717) is 18.8 Å². The van der Waals surface area contributed by atoms with E-state index in [4.69, 9.17) is 4.74 Å². The van der Waals surface area contributed by atoms with Gasteiger partial charge in [0.05, 0.1) is 23.6 Å². The predicted molar refractivity (Wildman–Crippen MR) is 158 cm³/mol. The van der Waals surface area contributed by atoms with Crippen molar-refractivity contribution in [1.29, 1.82) is 0 Å². The van der Waals surface area contributed by atoms with Gasteiger partial charge in [0.25, 0.3) is 0 Å². The smallest absolute Gasteiger partial charge is 0.410 e. The van der Waals surface area contributed by atoms with E-state index in [2.05, 4.69) is 87.3 Å². The first-order chi connectivity index (χ1) is 19.2. The van der Waals surface area contributed by atoms with Crippen LogP contribution in [-0.2, 0) is 4.74 Å². The van der Waals surface area contributed by atoms with Gasteiger partial charge in [0.15, 0.2) is 0 Å². The molecule has 6 rings (SSSR count). The third-order valence-corrected chi connectivity index (χ3v) is 8.07. The molecule has 3 aliphatic heterocycles. The molecule has 2 unspecified atom stereocenters. The number of hydrogen-bond acceptors (Lipinski definition) is 6. The van der Waals surface area contributed by atoms with E-state index in [0.717, 1.165) is 36.5 Å². The molecule has 3 N–H and O–H groups in total. The summed E-state index contributed by atoms with van der Waals surface area (Å²) in [5, 5.41) is 7.32. The summed E-state index contributed by atoms with van der Waals surface area (Å²) >= 11 is 0. The minimum absolute atomic E-state index is 0.0876. The number of hydrogen-bond donors (Lipinski definition) is 3. The zero-order valence-corrected chi connectivity index (χ0v) is 23.9. The molecule has 8 nitrogen and oxygen atoms in total. The van der Waals surface area contributed by atoms with Crippen molar-refractivity contribution in [2.75, 3.05) is 20.1 Å².